The Labute approximate surface area is 161 Å². The van der Waals surface area contributed by atoms with E-state index in [4.69, 9.17) is 0 Å². The maximum absolute atomic E-state index is 11.3. The molecule has 2 aromatic heterocycles. The van der Waals surface area contributed by atoms with Crippen LogP contribution < -0.4 is 10.6 Å². The summed E-state index contributed by atoms with van der Waals surface area (Å²) in [6.45, 7) is 0.575. The van der Waals surface area contributed by atoms with E-state index < -0.39 is 6.09 Å². The molecule has 0 aliphatic carbocycles. The summed E-state index contributed by atoms with van der Waals surface area (Å²) in [4.78, 5) is 20.0. The number of fused-ring (bicyclic) bond motifs is 1. The van der Waals surface area contributed by atoms with Crippen LogP contribution in [0.15, 0.2) is 67.0 Å². The van der Waals surface area contributed by atoms with E-state index in [0.717, 1.165) is 22.6 Å². The summed E-state index contributed by atoms with van der Waals surface area (Å²) in [5.74, 6) is 1.32. The van der Waals surface area contributed by atoms with Gasteiger partial charge >= 0.3 is 6.09 Å². The molecule has 0 spiro atoms. The molecule has 140 valence electrons. The third kappa shape index (κ3) is 3.75. The van der Waals surface area contributed by atoms with Crippen LogP contribution in [0.2, 0.25) is 0 Å². The van der Waals surface area contributed by atoms with E-state index in [1.807, 2.05) is 60.7 Å². The molecule has 0 unspecified atom stereocenters. The van der Waals surface area contributed by atoms with Gasteiger partial charge in [-0.25, -0.2) is 9.78 Å². The summed E-state index contributed by atoms with van der Waals surface area (Å²) in [6, 6.07) is 19.4. The molecule has 2 heterocycles. The highest BCUT2D eigenvalue weighted by molar-refractivity contribution is 5.84. The lowest BCUT2D eigenvalue weighted by Gasteiger charge is -2.11. The van der Waals surface area contributed by atoms with Gasteiger partial charge in [0.1, 0.15) is 12.1 Å². The third-order valence-corrected chi connectivity index (χ3v) is 4.18. The Morgan fingerprint density at radius 2 is 1.89 bits per heavy atom. The molecule has 0 atom stereocenters. The van der Waals surface area contributed by atoms with Crippen LogP contribution in [0.4, 0.5) is 16.3 Å². The second kappa shape index (κ2) is 7.75. The van der Waals surface area contributed by atoms with Crippen molar-refractivity contribution in [1.29, 1.82) is 0 Å². The molecule has 4 rings (SSSR count). The van der Waals surface area contributed by atoms with Gasteiger partial charge in [-0.05, 0) is 17.7 Å². The second-order valence-electron chi connectivity index (χ2n) is 6.03. The number of amides is 1. The van der Waals surface area contributed by atoms with Crippen LogP contribution in [-0.4, -0.2) is 32.8 Å². The standard InChI is InChI=1S/C20H18N6O2/c1-28-20(27)24-16-9-7-14(8-10-16)12-21-18-11-17(15-5-3-2-4-6-15)25-19-22-13-23-26(18)19/h2-11,13,21H,12H2,1H3,(H,24,27). The predicted molar refractivity (Wildman–Crippen MR) is 106 cm³/mol. The summed E-state index contributed by atoms with van der Waals surface area (Å²) in [6.07, 6.45) is 0.986. The van der Waals surface area contributed by atoms with Gasteiger partial charge in [-0.1, -0.05) is 42.5 Å². The maximum Gasteiger partial charge on any atom is 0.411 e. The zero-order valence-corrected chi connectivity index (χ0v) is 15.2. The van der Waals surface area contributed by atoms with Gasteiger partial charge in [0.2, 0.25) is 0 Å². The van der Waals surface area contributed by atoms with Gasteiger partial charge in [0, 0.05) is 23.9 Å². The van der Waals surface area contributed by atoms with Crippen LogP contribution in [0.25, 0.3) is 17.0 Å². The minimum atomic E-state index is -0.496. The van der Waals surface area contributed by atoms with Gasteiger partial charge < -0.3 is 10.1 Å². The summed E-state index contributed by atoms with van der Waals surface area (Å²) in [5.41, 5.74) is 3.54. The van der Waals surface area contributed by atoms with Crippen molar-refractivity contribution in [2.24, 2.45) is 0 Å². The van der Waals surface area contributed by atoms with Gasteiger partial charge in [0.15, 0.2) is 0 Å². The van der Waals surface area contributed by atoms with Crippen molar-refractivity contribution in [2.45, 2.75) is 6.54 Å². The molecule has 1 amide bonds. The van der Waals surface area contributed by atoms with E-state index >= 15 is 0 Å². The first-order valence-corrected chi connectivity index (χ1v) is 8.67. The number of carbonyl (C=O) groups excluding carboxylic acids is 1. The summed E-state index contributed by atoms with van der Waals surface area (Å²) in [7, 11) is 1.33. The Morgan fingerprint density at radius 1 is 1.11 bits per heavy atom. The molecule has 0 saturated carbocycles. The van der Waals surface area contributed by atoms with Gasteiger partial charge in [-0.2, -0.15) is 14.6 Å². The third-order valence-electron chi connectivity index (χ3n) is 4.18. The molecule has 2 aromatic carbocycles. The molecule has 4 aromatic rings. The summed E-state index contributed by atoms with van der Waals surface area (Å²) in [5, 5.41) is 10.2. The highest BCUT2D eigenvalue weighted by atomic mass is 16.5. The SMILES string of the molecule is COC(=O)Nc1ccc(CNc2cc(-c3ccccc3)nc3ncnn23)cc1. The predicted octanol–water partition coefficient (Wildman–Crippen LogP) is 3.58. The molecular weight excluding hydrogens is 356 g/mol. The highest BCUT2D eigenvalue weighted by Crippen LogP contribution is 2.21. The number of anilines is 2. The van der Waals surface area contributed by atoms with Gasteiger partial charge in [-0.3, -0.25) is 5.32 Å². The molecule has 0 fully saturated rings. The van der Waals surface area contributed by atoms with Crippen molar-refractivity contribution >= 4 is 23.4 Å². The first-order chi connectivity index (χ1) is 13.7. The lowest BCUT2D eigenvalue weighted by Crippen LogP contribution is -2.11. The topological polar surface area (TPSA) is 93.4 Å². The Hall–Kier alpha value is -3.94. The number of ether oxygens (including phenoxy) is 1. The average Bonchev–Trinajstić information content (AvgIpc) is 3.22. The van der Waals surface area contributed by atoms with Crippen molar-refractivity contribution < 1.29 is 9.53 Å². The molecule has 28 heavy (non-hydrogen) atoms. The molecule has 8 heteroatoms. The lowest BCUT2D eigenvalue weighted by molar-refractivity contribution is 0.187. The molecule has 0 aliphatic heterocycles. The second-order valence-corrected chi connectivity index (χ2v) is 6.03. The van der Waals surface area contributed by atoms with Crippen molar-refractivity contribution in [3.63, 3.8) is 0 Å². The van der Waals surface area contributed by atoms with Crippen LogP contribution in [0.3, 0.4) is 0 Å². The number of carbonyl (C=O) groups is 1. The smallest absolute Gasteiger partial charge is 0.411 e. The average molecular weight is 374 g/mol. The normalized spacial score (nSPS) is 10.6. The van der Waals surface area contributed by atoms with Crippen LogP contribution in [0, 0.1) is 0 Å². The van der Waals surface area contributed by atoms with Crippen molar-refractivity contribution in [1.82, 2.24) is 19.6 Å². The summed E-state index contributed by atoms with van der Waals surface area (Å²) < 4.78 is 6.25. The highest BCUT2D eigenvalue weighted by Gasteiger charge is 2.09. The zero-order valence-electron chi connectivity index (χ0n) is 15.2. The molecule has 8 nitrogen and oxygen atoms in total. The molecule has 2 N–H and O–H groups in total. The number of rotatable bonds is 5. The van der Waals surface area contributed by atoms with Gasteiger partial charge in [0.25, 0.3) is 5.78 Å². The number of methoxy groups -OCH3 is 1. The van der Waals surface area contributed by atoms with Crippen molar-refractivity contribution in [3.8, 4) is 11.3 Å². The van der Waals surface area contributed by atoms with Crippen LogP contribution in [0.1, 0.15) is 5.56 Å². The Morgan fingerprint density at radius 3 is 2.64 bits per heavy atom. The molecular formula is C20H18N6O2. The Bertz CT molecular complexity index is 1090. The van der Waals surface area contributed by atoms with E-state index in [-0.39, 0.29) is 0 Å². The molecule has 0 aliphatic rings. The first kappa shape index (κ1) is 17.5. The van der Waals surface area contributed by atoms with Crippen molar-refractivity contribution in [2.75, 3.05) is 17.7 Å². The van der Waals surface area contributed by atoms with E-state index in [0.29, 0.717) is 18.0 Å². The molecule has 0 bridgehead atoms. The Balaban J connectivity index is 1.54. The number of nitrogens with zero attached hydrogens (tertiary/aromatic N) is 4. The number of benzene rings is 2. The minimum absolute atomic E-state index is 0.496. The van der Waals surface area contributed by atoms with Crippen molar-refractivity contribution in [3.05, 3.63) is 72.6 Å². The van der Waals surface area contributed by atoms with E-state index in [1.165, 1.54) is 13.4 Å². The maximum atomic E-state index is 11.3. The van der Waals surface area contributed by atoms with E-state index in [1.54, 1.807) is 4.52 Å². The quantitative estimate of drug-likeness (QED) is 0.555. The fourth-order valence-electron chi connectivity index (χ4n) is 2.76. The van der Waals surface area contributed by atoms with Gasteiger partial charge in [0.05, 0.1) is 12.8 Å². The Kier molecular flexibility index (Phi) is 4.83. The van der Waals surface area contributed by atoms with E-state index in [2.05, 4.69) is 30.4 Å². The fourth-order valence-corrected chi connectivity index (χ4v) is 2.76. The molecule has 0 saturated heterocycles. The zero-order chi connectivity index (χ0) is 19.3. The van der Waals surface area contributed by atoms with Crippen LogP contribution in [-0.2, 0) is 11.3 Å². The summed E-state index contributed by atoms with van der Waals surface area (Å²) >= 11 is 0. The number of hydrogen-bond donors (Lipinski definition) is 2. The van der Waals surface area contributed by atoms with Crippen LogP contribution >= 0.6 is 0 Å². The minimum Gasteiger partial charge on any atom is -0.453 e. The fraction of sp³-hybridized carbons (Fsp3) is 0.100. The number of aromatic nitrogens is 4. The van der Waals surface area contributed by atoms with E-state index in [9.17, 15) is 4.79 Å². The number of hydrogen-bond acceptors (Lipinski definition) is 6. The monoisotopic (exact) mass is 374 g/mol. The largest absolute Gasteiger partial charge is 0.453 e. The van der Waals surface area contributed by atoms with Gasteiger partial charge in [-0.15, -0.1) is 0 Å². The number of nitrogens with one attached hydrogen (secondary N) is 2. The molecule has 0 radical (unpaired) electrons. The van der Waals surface area contributed by atoms with Crippen LogP contribution in [0.5, 0.6) is 0 Å². The first-order valence-electron chi connectivity index (χ1n) is 8.67. The lowest BCUT2D eigenvalue weighted by atomic mass is 10.1.